The average molecular weight is 395 g/mol. The molecule has 0 radical (unpaired) electrons. The summed E-state index contributed by atoms with van der Waals surface area (Å²) in [5.74, 6) is 0.671. The Morgan fingerprint density at radius 3 is 2.69 bits per heavy atom. The number of fused-ring (bicyclic) bond motifs is 1. The Kier molecular flexibility index (Phi) is 5.43. The second-order valence-electron chi connectivity index (χ2n) is 8.59. The van der Waals surface area contributed by atoms with Gasteiger partial charge < -0.3 is 14.8 Å². The van der Waals surface area contributed by atoms with Gasteiger partial charge in [-0.3, -0.25) is 9.59 Å². The average Bonchev–Trinajstić information content (AvgIpc) is 3.10. The number of nitrogens with zero attached hydrogens (tertiary/aromatic N) is 3. The molecular weight excluding hydrogens is 364 g/mol. The highest BCUT2D eigenvalue weighted by molar-refractivity contribution is 6.05. The number of nitrogens with one attached hydrogen (secondary N) is 1. The van der Waals surface area contributed by atoms with Crippen molar-refractivity contribution in [3.8, 4) is 0 Å². The molecular formula is C23H30N4O2. The maximum Gasteiger partial charge on any atom is 0.289 e. The minimum Gasteiger partial charge on any atom is -0.336 e. The van der Waals surface area contributed by atoms with Crippen molar-refractivity contribution in [1.82, 2.24) is 14.5 Å². The van der Waals surface area contributed by atoms with Crippen molar-refractivity contribution in [2.45, 2.75) is 59.4 Å². The van der Waals surface area contributed by atoms with Gasteiger partial charge in [0.15, 0.2) is 11.5 Å². The number of benzene rings is 1. The molecule has 2 aliphatic rings. The lowest BCUT2D eigenvalue weighted by Gasteiger charge is -2.31. The molecule has 1 fully saturated rings. The van der Waals surface area contributed by atoms with Crippen LogP contribution in [0.5, 0.6) is 0 Å². The van der Waals surface area contributed by atoms with Crippen molar-refractivity contribution in [1.29, 1.82) is 0 Å². The largest absolute Gasteiger partial charge is 0.336 e. The van der Waals surface area contributed by atoms with E-state index in [2.05, 4.69) is 17.2 Å². The van der Waals surface area contributed by atoms with E-state index in [4.69, 9.17) is 0 Å². The van der Waals surface area contributed by atoms with Gasteiger partial charge in [0.25, 0.3) is 11.8 Å². The number of anilines is 1. The van der Waals surface area contributed by atoms with Crippen LogP contribution in [0.3, 0.4) is 0 Å². The van der Waals surface area contributed by atoms with Crippen LogP contribution < -0.4 is 5.32 Å². The van der Waals surface area contributed by atoms with Gasteiger partial charge in [-0.15, -0.1) is 0 Å². The van der Waals surface area contributed by atoms with E-state index in [0.717, 1.165) is 68.7 Å². The third-order valence-corrected chi connectivity index (χ3v) is 6.23. The minimum absolute atomic E-state index is 0.0371. The van der Waals surface area contributed by atoms with Crippen LogP contribution in [0.4, 0.5) is 5.69 Å². The van der Waals surface area contributed by atoms with E-state index in [-0.39, 0.29) is 11.8 Å². The number of carbonyl (C=O) groups is 2. The maximum atomic E-state index is 13.2. The molecule has 1 aromatic heterocycles. The van der Waals surface area contributed by atoms with Crippen molar-refractivity contribution in [3.63, 3.8) is 0 Å². The van der Waals surface area contributed by atoms with Gasteiger partial charge in [0.1, 0.15) is 0 Å². The van der Waals surface area contributed by atoms with Crippen LogP contribution in [0.1, 0.15) is 70.5 Å². The number of amides is 2. The minimum atomic E-state index is -0.232. The van der Waals surface area contributed by atoms with Gasteiger partial charge in [0.05, 0.1) is 5.69 Å². The van der Waals surface area contributed by atoms with E-state index >= 15 is 0 Å². The quantitative estimate of drug-likeness (QED) is 0.857. The number of rotatable bonds is 3. The second kappa shape index (κ2) is 8.01. The zero-order valence-corrected chi connectivity index (χ0v) is 17.6. The number of aromatic nitrogens is 2. The highest BCUT2D eigenvalue weighted by Gasteiger charge is 2.31. The van der Waals surface area contributed by atoms with Gasteiger partial charge in [-0.1, -0.05) is 13.0 Å². The fourth-order valence-corrected chi connectivity index (χ4v) is 4.41. The summed E-state index contributed by atoms with van der Waals surface area (Å²) in [5.41, 5.74) is 4.37. The van der Waals surface area contributed by atoms with Crippen LogP contribution >= 0.6 is 0 Å². The first-order chi connectivity index (χ1) is 13.9. The summed E-state index contributed by atoms with van der Waals surface area (Å²) in [6.45, 7) is 8.55. The third-order valence-electron chi connectivity index (χ3n) is 6.23. The second-order valence-corrected chi connectivity index (χ2v) is 8.59. The first kappa shape index (κ1) is 19.7. The van der Waals surface area contributed by atoms with Crippen LogP contribution in [-0.2, 0) is 13.0 Å². The molecule has 154 valence electrons. The maximum absolute atomic E-state index is 13.2. The zero-order chi connectivity index (χ0) is 20.5. The van der Waals surface area contributed by atoms with Gasteiger partial charge in [0, 0.05) is 25.3 Å². The summed E-state index contributed by atoms with van der Waals surface area (Å²) in [6.07, 6.45) is 5.00. The Balaban J connectivity index is 1.62. The molecule has 1 atom stereocenters. The number of likely N-dealkylation sites (tertiary alicyclic amines) is 1. The zero-order valence-electron chi connectivity index (χ0n) is 17.6. The molecule has 2 aliphatic heterocycles. The van der Waals surface area contributed by atoms with Crippen molar-refractivity contribution in [2.75, 3.05) is 18.4 Å². The van der Waals surface area contributed by atoms with Gasteiger partial charge in [0.2, 0.25) is 0 Å². The summed E-state index contributed by atoms with van der Waals surface area (Å²) < 4.78 is 1.99. The van der Waals surface area contributed by atoms with Crippen molar-refractivity contribution in [2.24, 2.45) is 5.92 Å². The Morgan fingerprint density at radius 1 is 1.10 bits per heavy atom. The van der Waals surface area contributed by atoms with Crippen LogP contribution in [0, 0.1) is 19.8 Å². The molecule has 0 saturated carbocycles. The van der Waals surface area contributed by atoms with Crippen LogP contribution in [-0.4, -0.2) is 39.4 Å². The Bertz CT molecular complexity index is 947. The third kappa shape index (κ3) is 3.93. The summed E-state index contributed by atoms with van der Waals surface area (Å²) in [5, 5.41) is 2.98. The SMILES string of the molecule is Cc1ccc(NC(=O)c2nc(C(=O)N3CCCC(C)C3)n3c2CCCC3)cc1C. The predicted octanol–water partition coefficient (Wildman–Crippen LogP) is 3.96. The van der Waals surface area contributed by atoms with Crippen LogP contribution in [0.15, 0.2) is 18.2 Å². The number of aryl methyl sites for hydroxylation is 2. The van der Waals surface area contributed by atoms with Crippen molar-refractivity contribution < 1.29 is 9.59 Å². The fourth-order valence-electron chi connectivity index (χ4n) is 4.41. The number of hydrogen-bond donors (Lipinski definition) is 1. The van der Waals surface area contributed by atoms with Gasteiger partial charge in [-0.2, -0.15) is 0 Å². The topological polar surface area (TPSA) is 67.2 Å². The lowest BCUT2D eigenvalue weighted by molar-refractivity contribution is 0.0664. The first-order valence-electron chi connectivity index (χ1n) is 10.7. The van der Waals surface area contributed by atoms with Gasteiger partial charge >= 0.3 is 0 Å². The van der Waals surface area contributed by atoms with E-state index in [1.54, 1.807) is 0 Å². The normalized spacial score (nSPS) is 19.0. The van der Waals surface area contributed by atoms with E-state index < -0.39 is 0 Å². The Labute approximate surface area is 172 Å². The summed E-state index contributed by atoms with van der Waals surface area (Å²) in [4.78, 5) is 32.7. The molecule has 1 unspecified atom stereocenters. The molecule has 1 aromatic carbocycles. The predicted molar refractivity (Wildman–Crippen MR) is 113 cm³/mol. The molecule has 29 heavy (non-hydrogen) atoms. The van der Waals surface area contributed by atoms with Gasteiger partial charge in [-0.25, -0.2) is 4.98 Å². The molecule has 4 rings (SSSR count). The molecule has 1 saturated heterocycles. The smallest absolute Gasteiger partial charge is 0.289 e. The lowest BCUT2D eigenvalue weighted by Crippen LogP contribution is -2.40. The molecule has 0 bridgehead atoms. The van der Waals surface area contributed by atoms with Crippen LogP contribution in [0.25, 0.3) is 0 Å². The van der Waals surface area contributed by atoms with E-state index in [1.807, 2.05) is 41.5 Å². The van der Waals surface area contributed by atoms with Crippen LogP contribution in [0.2, 0.25) is 0 Å². The van der Waals surface area contributed by atoms with E-state index in [1.165, 1.54) is 5.56 Å². The summed E-state index contributed by atoms with van der Waals surface area (Å²) in [7, 11) is 0. The molecule has 0 aliphatic carbocycles. The molecule has 2 aromatic rings. The number of hydrogen-bond acceptors (Lipinski definition) is 3. The molecule has 6 heteroatoms. The van der Waals surface area contributed by atoms with Gasteiger partial charge in [-0.05, 0) is 75.1 Å². The monoisotopic (exact) mass is 394 g/mol. The highest BCUT2D eigenvalue weighted by atomic mass is 16.2. The molecule has 0 spiro atoms. The van der Waals surface area contributed by atoms with E-state index in [0.29, 0.717) is 17.4 Å². The standard InChI is InChI=1S/C23H30N4O2/c1-15-7-6-11-26(14-15)23(29)21-25-20(19-8-4-5-12-27(19)21)22(28)24-18-10-9-16(2)17(3)13-18/h9-10,13,15H,4-8,11-12,14H2,1-3H3,(H,24,28). The molecule has 3 heterocycles. The van der Waals surface area contributed by atoms with E-state index in [9.17, 15) is 9.59 Å². The fraction of sp³-hybridized carbons (Fsp3) is 0.522. The molecule has 2 amide bonds. The van der Waals surface area contributed by atoms with Crippen molar-refractivity contribution >= 4 is 17.5 Å². The lowest BCUT2D eigenvalue weighted by atomic mass is 10.0. The molecule has 1 N–H and O–H groups in total. The number of piperidine rings is 1. The van der Waals surface area contributed by atoms with Crippen molar-refractivity contribution in [3.05, 3.63) is 46.5 Å². The first-order valence-corrected chi connectivity index (χ1v) is 10.7. The highest BCUT2D eigenvalue weighted by Crippen LogP contribution is 2.25. The summed E-state index contributed by atoms with van der Waals surface area (Å²) in [6, 6.07) is 5.88. The number of imidazole rings is 1. The Morgan fingerprint density at radius 2 is 1.93 bits per heavy atom. The molecule has 6 nitrogen and oxygen atoms in total. The summed E-state index contributed by atoms with van der Waals surface area (Å²) >= 11 is 0. The Hall–Kier alpha value is -2.63. The number of carbonyl (C=O) groups excluding carboxylic acids is 2.